The summed E-state index contributed by atoms with van der Waals surface area (Å²) in [4.78, 5) is 11.4. The van der Waals surface area contributed by atoms with E-state index in [9.17, 15) is 4.79 Å². The van der Waals surface area contributed by atoms with Crippen molar-refractivity contribution in [2.45, 2.75) is 33.4 Å². The molecule has 6 nitrogen and oxygen atoms in total. The number of primary amides is 1. The maximum absolute atomic E-state index is 11.4. The average Bonchev–Trinajstić information content (AvgIpc) is 2.98. The van der Waals surface area contributed by atoms with Gasteiger partial charge in [-0.3, -0.25) is 4.79 Å². The van der Waals surface area contributed by atoms with Gasteiger partial charge in [0, 0.05) is 31.6 Å². The fraction of sp³-hybridized carbons (Fsp3) is 0.474. The molecule has 134 valence electrons. The van der Waals surface area contributed by atoms with Crippen LogP contribution in [0.2, 0.25) is 0 Å². The number of fused-ring (bicyclic) bond motifs is 1. The quantitative estimate of drug-likeness (QED) is 0.779. The number of carbonyl (C=O) groups excluding carboxylic acids is 1. The minimum atomic E-state index is -0.442. The van der Waals surface area contributed by atoms with E-state index in [1.807, 2.05) is 10.7 Å². The number of aromatic nitrogens is 2. The van der Waals surface area contributed by atoms with Crippen LogP contribution in [0.15, 0.2) is 36.5 Å². The summed E-state index contributed by atoms with van der Waals surface area (Å²) in [6.07, 6.45) is 1.54. The smallest absolute Gasteiger partial charge is 0.254 e. The Morgan fingerprint density at radius 1 is 1.40 bits per heavy atom. The predicted octanol–water partition coefficient (Wildman–Crippen LogP) is 2.40. The maximum Gasteiger partial charge on any atom is 0.254 e. The lowest BCUT2D eigenvalue weighted by Gasteiger charge is -2.34. The molecular formula is C19H27N5O. The standard InChI is InChI=1S/C19H27N5O/c1-19(2,3)16(14-7-5-4-6-8-14)21-9-13-10-22-18-15(17(20)25)11-23-24(18)12-13/h4-8,11,13,16,21-22H,9-10,12H2,1-3H3,(H2,20,25)/t13-,16-/m1/s1. The minimum Gasteiger partial charge on any atom is -0.369 e. The summed E-state index contributed by atoms with van der Waals surface area (Å²) in [5, 5.41) is 11.3. The number of nitrogens with zero attached hydrogens (tertiary/aromatic N) is 2. The molecule has 0 spiro atoms. The molecule has 3 rings (SSSR count). The lowest BCUT2D eigenvalue weighted by atomic mass is 9.82. The van der Waals surface area contributed by atoms with E-state index in [4.69, 9.17) is 5.73 Å². The Morgan fingerprint density at radius 2 is 2.12 bits per heavy atom. The molecule has 2 heterocycles. The first-order valence-electron chi connectivity index (χ1n) is 8.74. The summed E-state index contributed by atoms with van der Waals surface area (Å²) in [5.41, 5.74) is 7.26. The predicted molar refractivity (Wildman–Crippen MR) is 99.4 cm³/mol. The zero-order valence-electron chi connectivity index (χ0n) is 15.1. The van der Waals surface area contributed by atoms with Crippen molar-refractivity contribution in [3.05, 3.63) is 47.7 Å². The van der Waals surface area contributed by atoms with Crippen LogP contribution >= 0.6 is 0 Å². The van der Waals surface area contributed by atoms with Crippen LogP contribution in [-0.2, 0) is 6.54 Å². The van der Waals surface area contributed by atoms with Crippen LogP contribution in [0.3, 0.4) is 0 Å². The molecule has 1 aliphatic rings. The highest BCUT2D eigenvalue weighted by molar-refractivity contribution is 5.97. The molecule has 2 aromatic rings. The SMILES string of the molecule is CC(C)(C)[C@H](NC[C@@H]1CNc2c(C(N)=O)cnn2C1)c1ccccc1. The maximum atomic E-state index is 11.4. The van der Waals surface area contributed by atoms with Crippen molar-refractivity contribution >= 4 is 11.7 Å². The molecule has 1 aromatic heterocycles. The van der Waals surface area contributed by atoms with E-state index in [2.05, 4.69) is 60.8 Å². The summed E-state index contributed by atoms with van der Waals surface area (Å²) in [5.74, 6) is 0.683. The lowest BCUT2D eigenvalue weighted by molar-refractivity contribution is 0.100. The Hall–Kier alpha value is -2.34. The second-order valence-corrected chi connectivity index (χ2v) is 7.82. The molecule has 25 heavy (non-hydrogen) atoms. The van der Waals surface area contributed by atoms with Gasteiger partial charge in [0.15, 0.2) is 0 Å². The third kappa shape index (κ3) is 3.85. The average molecular weight is 341 g/mol. The lowest BCUT2D eigenvalue weighted by Crippen LogP contribution is -2.40. The Labute approximate surface area is 148 Å². The van der Waals surface area contributed by atoms with E-state index < -0.39 is 5.91 Å². The van der Waals surface area contributed by atoms with E-state index >= 15 is 0 Å². The summed E-state index contributed by atoms with van der Waals surface area (Å²) >= 11 is 0. The second kappa shape index (κ2) is 6.88. The van der Waals surface area contributed by atoms with Crippen LogP contribution in [0.4, 0.5) is 5.82 Å². The molecule has 0 bridgehead atoms. The first-order chi connectivity index (χ1) is 11.9. The van der Waals surface area contributed by atoms with Crippen LogP contribution in [-0.4, -0.2) is 28.8 Å². The normalized spacial score (nSPS) is 18.3. The number of nitrogens with two attached hydrogens (primary N) is 1. The van der Waals surface area contributed by atoms with E-state index in [0.717, 1.165) is 25.5 Å². The highest BCUT2D eigenvalue weighted by Gasteiger charge is 2.28. The van der Waals surface area contributed by atoms with Crippen molar-refractivity contribution in [1.82, 2.24) is 15.1 Å². The van der Waals surface area contributed by atoms with Gasteiger partial charge in [0.05, 0.1) is 6.20 Å². The molecular weight excluding hydrogens is 314 g/mol. The summed E-state index contributed by atoms with van der Waals surface area (Å²) in [6.45, 7) is 9.19. The van der Waals surface area contributed by atoms with Crippen molar-refractivity contribution in [2.75, 3.05) is 18.4 Å². The molecule has 0 radical (unpaired) electrons. The third-order valence-electron chi connectivity index (χ3n) is 4.70. The van der Waals surface area contributed by atoms with Gasteiger partial charge in [0.25, 0.3) is 5.91 Å². The summed E-state index contributed by atoms with van der Waals surface area (Å²) in [6, 6.07) is 10.8. The van der Waals surface area contributed by atoms with Crippen molar-refractivity contribution in [2.24, 2.45) is 17.1 Å². The Bertz CT molecular complexity index is 732. The monoisotopic (exact) mass is 341 g/mol. The van der Waals surface area contributed by atoms with Crippen molar-refractivity contribution < 1.29 is 4.79 Å². The van der Waals surface area contributed by atoms with E-state index in [1.54, 1.807) is 6.20 Å². The molecule has 6 heteroatoms. The van der Waals surface area contributed by atoms with Crippen molar-refractivity contribution in [3.8, 4) is 0 Å². The molecule has 1 aliphatic heterocycles. The van der Waals surface area contributed by atoms with Gasteiger partial charge >= 0.3 is 0 Å². The number of carbonyl (C=O) groups is 1. The van der Waals surface area contributed by atoms with Crippen LogP contribution in [0, 0.1) is 11.3 Å². The van der Waals surface area contributed by atoms with Crippen LogP contribution in [0.25, 0.3) is 0 Å². The molecule has 0 unspecified atom stereocenters. The highest BCUT2D eigenvalue weighted by atomic mass is 16.1. The topological polar surface area (TPSA) is 85.0 Å². The van der Waals surface area contributed by atoms with E-state index in [0.29, 0.717) is 11.5 Å². The summed E-state index contributed by atoms with van der Waals surface area (Å²) in [7, 11) is 0. The van der Waals surface area contributed by atoms with Gasteiger partial charge in [-0.15, -0.1) is 0 Å². The fourth-order valence-electron chi connectivity index (χ4n) is 3.43. The Morgan fingerprint density at radius 3 is 2.76 bits per heavy atom. The molecule has 0 aliphatic carbocycles. The van der Waals surface area contributed by atoms with Crippen LogP contribution in [0.5, 0.6) is 0 Å². The molecule has 0 saturated heterocycles. The minimum absolute atomic E-state index is 0.111. The number of nitrogens with one attached hydrogen (secondary N) is 2. The first-order valence-corrected chi connectivity index (χ1v) is 8.74. The van der Waals surface area contributed by atoms with Crippen molar-refractivity contribution in [3.63, 3.8) is 0 Å². The Balaban J connectivity index is 1.67. The van der Waals surface area contributed by atoms with Gasteiger partial charge in [0.2, 0.25) is 0 Å². The highest BCUT2D eigenvalue weighted by Crippen LogP contribution is 2.33. The van der Waals surface area contributed by atoms with E-state index in [-0.39, 0.29) is 11.5 Å². The van der Waals surface area contributed by atoms with Gasteiger partial charge in [-0.2, -0.15) is 5.10 Å². The number of hydrogen-bond donors (Lipinski definition) is 3. The number of amides is 1. The third-order valence-corrected chi connectivity index (χ3v) is 4.70. The number of rotatable bonds is 5. The van der Waals surface area contributed by atoms with Gasteiger partial charge in [-0.25, -0.2) is 4.68 Å². The zero-order valence-corrected chi connectivity index (χ0v) is 15.1. The number of benzene rings is 1. The van der Waals surface area contributed by atoms with Crippen LogP contribution in [0.1, 0.15) is 42.7 Å². The molecule has 0 fully saturated rings. The summed E-state index contributed by atoms with van der Waals surface area (Å²) < 4.78 is 1.84. The van der Waals surface area contributed by atoms with Crippen LogP contribution < -0.4 is 16.4 Å². The van der Waals surface area contributed by atoms with E-state index in [1.165, 1.54) is 5.56 Å². The molecule has 1 amide bonds. The number of anilines is 1. The molecule has 2 atom stereocenters. The largest absolute Gasteiger partial charge is 0.369 e. The fourth-order valence-corrected chi connectivity index (χ4v) is 3.43. The van der Waals surface area contributed by atoms with Gasteiger partial charge in [-0.1, -0.05) is 51.1 Å². The zero-order chi connectivity index (χ0) is 18.0. The van der Waals surface area contributed by atoms with Gasteiger partial charge < -0.3 is 16.4 Å². The molecule has 0 saturated carbocycles. The first kappa shape index (κ1) is 17.5. The van der Waals surface area contributed by atoms with Gasteiger partial charge in [0.1, 0.15) is 11.4 Å². The molecule has 4 N–H and O–H groups in total. The van der Waals surface area contributed by atoms with Gasteiger partial charge in [-0.05, 0) is 11.0 Å². The van der Waals surface area contributed by atoms with Crippen molar-refractivity contribution in [1.29, 1.82) is 0 Å². The number of hydrogen-bond acceptors (Lipinski definition) is 4. The Kier molecular flexibility index (Phi) is 4.81. The molecule has 1 aromatic carbocycles. The second-order valence-electron chi connectivity index (χ2n) is 7.82.